The smallest absolute Gasteiger partial charge is 0.338 e. The molecule has 0 aliphatic carbocycles. The molecule has 45 heavy (non-hydrogen) atoms. The van der Waals surface area contributed by atoms with Gasteiger partial charge in [0.15, 0.2) is 4.80 Å². The predicted octanol–water partition coefficient (Wildman–Crippen LogP) is 6.03. The number of aromatic nitrogens is 1. The Hall–Kier alpha value is -4.99. The van der Waals surface area contributed by atoms with Crippen molar-refractivity contribution < 1.29 is 23.5 Å². The Kier molecular flexibility index (Phi) is 8.64. The average Bonchev–Trinajstić information content (AvgIpc) is 3.65. The Morgan fingerprint density at radius 3 is 2.36 bits per heavy atom. The fraction of sp³-hybridized carbons (Fsp3) is 0.143. The summed E-state index contributed by atoms with van der Waals surface area (Å²) in [4.78, 5) is 45.1. The van der Waals surface area contributed by atoms with Crippen molar-refractivity contribution in [3.63, 3.8) is 0 Å². The zero-order valence-corrected chi connectivity index (χ0v) is 25.9. The first-order valence-electron chi connectivity index (χ1n) is 14.3. The maximum Gasteiger partial charge on any atom is 0.338 e. The van der Waals surface area contributed by atoms with Gasteiger partial charge in [0.2, 0.25) is 0 Å². The summed E-state index contributed by atoms with van der Waals surface area (Å²) in [6, 6.07) is 26.0. The van der Waals surface area contributed by atoms with Crippen LogP contribution >= 0.6 is 22.9 Å². The topological polar surface area (TPSA) is 100 Å². The van der Waals surface area contributed by atoms with Gasteiger partial charge in [-0.15, -0.1) is 0 Å². The van der Waals surface area contributed by atoms with Crippen LogP contribution in [0.5, 0.6) is 0 Å². The molecule has 0 saturated carbocycles. The molecule has 0 unspecified atom stereocenters. The number of furan rings is 1. The number of halogens is 1. The molecular formula is C35H27ClN2O6S. The van der Waals surface area contributed by atoms with Crippen molar-refractivity contribution >= 4 is 46.6 Å². The molecule has 5 aromatic rings. The molecule has 3 aromatic carbocycles. The van der Waals surface area contributed by atoms with Crippen molar-refractivity contribution in [1.82, 2.24) is 4.57 Å². The van der Waals surface area contributed by atoms with Crippen molar-refractivity contribution in [1.29, 1.82) is 0 Å². The molecule has 226 valence electrons. The number of thiazole rings is 1. The molecule has 0 amide bonds. The summed E-state index contributed by atoms with van der Waals surface area (Å²) < 4.78 is 18.6. The molecule has 0 bridgehead atoms. The van der Waals surface area contributed by atoms with Gasteiger partial charge < -0.3 is 13.9 Å². The van der Waals surface area contributed by atoms with E-state index in [1.54, 1.807) is 74.5 Å². The number of fused-ring (bicyclic) bond motifs is 1. The summed E-state index contributed by atoms with van der Waals surface area (Å²) in [5.41, 5.74) is 2.85. The molecule has 0 saturated heterocycles. The molecule has 0 spiro atoms. The molecule has 2 aromatic heterocycles. The summed E-state index contributed by atoms with van der Waals surface area (Å²) >= 11 is 7.40. The van der Waals surface area contributed by atoms with Crippen LogP contribution in [-0.2, 0) is 14.3 Å². The molecule has 3 heterocycles. The summed E-state index contributed by atoms with van der Waals surface area (Å²) in [5.74, 6) is -0.0162. The second kappa shape index (κ2) is 12.9. The van der Waals surface area contributed by atoms with Crippen molar-refractivity contribution in [2.45, 2.75) is 19.9 Å². The third-order valence-electron chi connectivity index (χ3n) is 7.12. The fourth-order valence-corrected chi connectivity index (χ4v) is 6.24. The van der Waals surface area contributed by atoms with Gasteiger partial charge in [0.25, 0.3) is 5.56 Å². The van der Waals surface area contributed by atoms with Gasteiger partial charge in [0, 0.05) is 22.2 Å². The van der Waals surface area contributed by atoms with Gasteiger partial charge in [-0.2, -0.15) is 0 Å². The first kappa shape index (κ1) is 30.1. The second-order valence-corrected chi connectivity index (χ2v) is 11.4. The van der Waals surface area contributed by atoms with Gasteiger partial charge in [-0.1, -0.05) is 77.5 Å². The Balaban J connectivity index is 1.50. The van der Waals surface area contributed by atoms with Crippen LogP contribution in [0, 0.1) is 0 Å². The summed E-state index contributed by atoms with van der Waals surface area (Å²) in [5, 5.41) is 0.525. The predicted molar refractivity (Wildman–Crippen MR) is 173 cm³/mol. The number of ether oxygens (including phenoxy) is 2. The highest BCUT2D eigenvalue weighted by Crippen LogP contribution is 2.35. The number of carbonyl (C=O) groups excluding carboxylic acids is 2. The molecule has 1 aliphatic rings. The monoisotopic (exact) mass is 638 g/mol. The minimum Gasteiger partial charge on any atom is -0.463 e. The lowest BCUT2D eigenvalue weighted by atomic mass is 9.93. The van der Waals surface area contributed by atoms with Crippen LogP contribution in [0.2, 0.25) is 5.02 Å². The Morgan fingerprint density at radius 1 is 0.911 bits per heavy atom. The average molecular weight is 639 g/mol. The van der Waals surface area contributed by atoms with Gasteiger partial charge in [0.1, 0.15) is 11.5 Å². The lowest BCUT2D eigenvalue weighted by molar-refractivity contribution is -0.138. The lowest BCUT2D eigenvalue weighted by Crippen LogP contribution is -2.39. The van der Waals surface area contributed by atoms with E-state index < -0.39 is 18.0 Å². The zero-order chi connectivity index (χ0) is 31.5. The van der Waals surface area contributed by atoms with Gasteiger partial charge in [-0.05, 0) is 55.8 Å². The van der Waals surface area contributed by atoms with E-state index in [1.807, 2.05) is 36.4 Å². The first-order valence-corrected chi connectivity index (χ1v) is 15.5. The number of esters is 2. The van der Waals surface area contributed by atoms with Crippen molar-refractivity contribution in [3.05, 3.63) is 144 Å². The maximum atomic E-state index is 14.1. The molecule has 1 aliphatic heterocycles. The SMILES string of the molecule is CCOC(=O)C1=C(c2ccccc2)N=c2s/c(=C\c3ccc(-c4cccc(C(=O)OCC)c4)o3)c(=O)n2[C@H]1c1ccc(Cl)cc1. The van der Waals surface area contributed by atoms with E-state index in [0.717, 1.165) is 5.56 Å². The largest absolute Gasteiger partial charge is 0.463 e. The highest BCUT2D eigenvalue weighted by molar-refractivity contribution is 7.07. The van der Waals surface area contributed by atoms with E-state index >= 15 is 0 Å². The molecule has 10 heteroatoms. The van der Waals surface area contributed by atoms with E-state index in [0.29, 0.717) is 48.3 Å². The van der Waals surface area contributed by atoms with Crippen LogP contribution in [0.4, 0.5) is 0 Å². The van der Waals surface area contributed by atoms with E-state index in [9.17, 15) is 14.4 Å². The Bertz CT molecular complexity index is 2110. The van der Waals surface area contributed by atoms with Crippen molar-refractivity contribution in [2.75, 3.05) is 13.2 Å². The first-order chi connectivity index (χ1) is 21.9. The Labute approximate surface area is 267 Å². The van der Waals surface area contributed by atoms with Gasteiger partial charge in [-0.3, -0.25) is 9.36 Å². The molecular weight excluding hydrogens is 612 g/mol. The maximum absolute atomic E-state index is 14.1. The molecule has 0 radical (unpaired) electrons. The number of rotatable bonds is 8. The molecule has 0 N–H and O–H groups in total. The molecule has 0 fully saturated rings. The van der Waals surface area contributed by atoms with Crippen LogP contribution in [-0.4, -0.2) is 29.7 Å². The van der Waals surface area contributed by atoms with Gasteiger partial charge >= 0.3 is 11.9 Å². The zero-order valence-electron chi connectivity index (χ0n) is 24.4. The Morgan fingerprint density at radius 2 is 1.62 bits per heavy atom. The molecule has 1 atom stereocenters. The van der Waals surface area contributed by atoms with E-state index in [2.05, 4.69) is 0 Å². The van der Waals surface area contributed by atoms with Crippen LogP contribution in [0.3, 0.4) is 0 Å². The molecule has 8 nitrogen and oxygen atoms in total. The van der Waals surface area contributed by atoms with E-state index in [1.165, 1.54) is 15.9 Å². The fourth-order valence-electron chi connectivity index (χ4n) is 5.13. The van der Waals surface area contributed by atoms with Crippen molar-refractivity contribution in [2.24, 2.45) is 4.99 Å². The second-order valence-electron chi connectivity index (χ2n) is 9.99. The van der Waals surface area contributed by atoms with E-state index in [-0.39, 0.29) is 24.3 Å². The van der Waals surface area contributed by atoms with Gasteiger partial charge in [-0.25, -0.2) is 14.6 Å². The molecule has 6 rings (SSSR count). The lowest BCUT2D eigenvalue weighted by Gasteiger charge is -2.25. The van der Waals surface area contributed by atoms with Crippen LogP contribution < -0.4 is 14.9 Å². The minimum atomic E-state index is -0.812. The van der Waals surface area contributed by atoms with Crippen LogP contribution in [0.15, 0.2) is 111 Å². The highest BCUT2D eigenvalue weighted by Gasteiger charge is 2.35. The number of carbonyl (C=O) groups is 2. The summed E-state index contributed by atoms with van der Waals surface area (Å²) in [6.07, 6.45) is 1.65. The number of hydrogen-bond acceptors (Lipinski definition) is 8. The third-order valence-corrected chi connectivity index (χ3v) is 8.35. The van der Waals surface area contributed by atoms with Crippen LogP contribution in [0.25, 0.3) is 23.1 Å². The van der Waals surface area contributed by atoms with Crippen LogP contribution in [0.1, 0.15) is 47.1 Å². The standard InChI is InChI=1S/C35H27ClN2O6S/c1-3-42-33(40)24-12-8-11-23(19-24)27-18-17-26(44-27)20-28-32(39)38-31(22-13-15-25(36)16-14-22)29(34(41)43-4-2)30(37-35(38)45-28)21-9-6-5-7-10-21/h5-20,31H,3-4H2,1-2H3/b28-20-/t31-/m0/s1. The number of benzene rings is 3. The highest BCUT2D eigenvalue weighted by atomic mass is 35.5. The number of nitrogens with zero attached hydrogens (tertiary/aromatic N) is 2. The van der Waals surface area contributed by atoms with E-state index in [4.69, 9.17) is 30.5 Å². The van der Waals surface area contributed by atoms with Crippen molar-refractivity contribution in [3.8, 4) is 11.3 Å². The normalized spacial score (nSPS) is 14.6. The van der Waals surface area contributed by atoms with Gasteiger partial charge in [0.05, 0.1) is 40.6 Å². The minimum absolute atomic E-state index is 0.158. The third kappa shape index (κ3) is 6.05. The summed E-state index contributed by atoms with van der Waals surface area (Å²) in [6.45, 7) is 3.92. The quantitative estimate of drug-likeness (QED) is 0.193. The number of hydrogen-bond donors (Lipinski definition) is 0. The summed E-state index contributed by atoms with van der Waals surface area (Å²) in [7, 11) is 0.